The van der Waals surface area contributed by atoms with Gasteiger partial charge in [-0.15, -0.1) is 0 Å². The van der Waals surface area contributed by atoms with Crippen molar-refractivity contribution < 1.29 is 13.2 Å². The minimum Gasteiger partial charge on any atom is -0.367 e. The maximum absolute atomic E-state index is 12.8. The molecule has 1 aliphatic carbocycles. The van der Waals surface area contributed by atoms with E-state index in [1.807, 2.05) is 28.7 Å². The SMILES string of the molecule is CN(C)[C@H]1CC[C@H](Nc2cccc3c(SC(F)(F)F)c(I)nn23)CC1. The van der Waals surface area contributed by atoms with Crippen molar-refractivity contribution in [1.82, 2.24) is 14.5 Å². The highest BCUT2D eigenvalue weighted by molar-refractivity contribution is 14.1. The molecule has 1 N–H and O–H groups in total. The number of fused-ring (bicyclic) bond motifs is 1. The molecule has 0 atom stereocenters. The predicted octanol–water partition coefficient (Wildman–Crippen LogP) is 4.84. The summed E-state index contributed by atoms with van der Waals surface area (Å²) in [6, 6.07) is 6.26. The van der Waals surface area contributed by atoms with E-state index in [-0.39, 0.29) is 16.7 Å². The van der Waals surface area contributed by atoms with Crippen molar-refractivity contribution in [3.8, 4) is 0 Å². The maximum atomic E-state index is 12.8. The van der Waals surface area contributed by atoms with Crippen LogP contribution < -0.4 is 5.32 Å². The van der Waals surface area contributed by atoms with Crippen molar-refractivity contribution in [1.29, 1.82) is 0 Å². The summed E-state index contributed by atoms with van der Waals surface area (Å²) in [5, 5.41) is 7.79. The summed E-state index contributed by atoms with van der Waals surface area (Å²) in [7, 11) is 4.20. The second kappa shape index (κ2) is 7.51. The average molecular weight is 484 g/mol. The number of nitrogens with one attached hydrogen (secondary N) is 1. The van der Waals surface area contributed by atoms with E-state index in [1.165, 1.54) is 0 Å². The van der Waals surface area contributed by atoms with Gasteiger partial charge in [0.25, 0.3) is 0 Å². The van der Waals surface area contributed by atoms with Crippen LogP contribution in [0.2, 0.25) is 0 Å². The highest BCUT2D eigenvalue weighted by Gasteiger charge is 2.33. The largest absolute Gasteiger partial charge is 0.446 e. The second-order valence-corrected chi connectivity index (χ2v) is 8.59. The van der Waals surface area contributed by atoms with Gasteiger partial charge in [-0.3, -0.25) is 0 Å². The molecule has 0 radical (unpaired) electrons. The lowest BCUT2D eigenvalue weighted by atomic mass is 9.90. The fourth-order valence-electron chi connectivity index (χ4n) is 3.28. The minimum absolute atomic E-state index is 0.102. The predicted molar refractivity (Wildman–Crippen MR) is 103 cm³/mol. The van der Waals surface area contributed by atoms with Crippen LogP contribution in [0, 0.1) is 3.70 Å². The molecule has 25 heavy (non-hydrogen) atoms. The van der Waals surface area contributed by atoms with Gasteiger partial charge in [0.05, 0.1) is 10.4 Å². The standard InChI is InChI=1S/C16H20F3IN4S/c1-23(2)11-8-6-10(7-9-11)21-13-5-3-4-12-14(25-16(17,18)19)15(20)22-24(12)13/h3-5,10-11,21H,6-9H2,1-2H3/t10-,11-. The third-order valence-corrected chi connectivity index (χ3v) is 6.53. The highest BCUT2D eigenvalue weighted by atomic mass is 127. The molecule has 4 nitrogen and oxygen atoms in total. The Hall–Kier alpha value is -0.680. The molecule has 1 aliphatic rings. The van der Waals surface area contributed by atoms with Gasteiger partial charge in [0.15, 0.2) is 0 Å². The number of pyridine rings is 1. The smallest absolute Gasteiger partial charge is 0.367 e. The monoisotopic (exact) mass is 484 g/mol. The molecule has 0 saturated heterocycles. The normalized spacial score (nSPS) is 21.9. The number of anilines is 1. The molecule has 2 aromatic rings. The van der Waals surface area contributed by atoms with Crippen LogP contribution in [0.4, 0.5) is 19.0 Å². The van der Waals surface area contributed by atoms with Crippen LogP contribution >= 0.6 is 34.4 Å². The summed E-state index contributed by atoms with van der Waals surface area (Å²) in [6.07, 6.45) is 4.32. The van der Waals surface area contributed by atoms with Crippen LogP contribution in [0.15, 0.2) is 23.1 Å². The average Bonchev–Trinajstić information content (AvgIpc) is 2.84. The van der Waals surface area contributed by atoms with Crippen molar-refractivity contribution in [2.24, 2.45) is 0 Å². The molecular weight excluding hydrogens is 464 g/mol. The van der Waals surface area contributed by atoms with E-state index < -0.39 is 5.51 Å². The van der Waals surface area contributed by atoms with E-state index in [9.17, 15) is 13.2 Å². The van der Waals surface area contributed by atoms with Crippen LogP contribution in [0.3, 0.4) is 0 Å². The van der Waals surface area contributed by atoms with Gasteiger partial charge in [-0.2, -0.15) is 18.3 Å². The number of aromatic nitrogens is 2. The number of hydrogen-bond acceptors (Lipinski definition) is 4. The van der Waals surface area contributed by atoms with Crippen LogP contribution in [0.5, 0.6) is 0 Å². The molecule has 2 aromatic heterocycles. The van der Waals surface area contributed by atoms with Gasteiger partial charge in [-0.05, 0) is 86.3 Å². The van der Waals surface area contributed by atoms with Crippen molar-refractivity contribution in [3.05, 3.63) is 21.9 Å². The first-order chi connectivity index (χ1) is 11.7. The lowest BCUT2D eigenvalue weighted by Gasteiger charge is -2.33. The Kier molecular flexibility index (Phi) is 5.74. The Morgan fingerprint density at radius 2 is 1.92 bits per heavy atom. The molecule has 0 unspecified atom stereocenters. The van der Waals surface area contributed by atoms with Crippen molar-refractivity contribution in [2.45, 2.75) is 48.2 Å². The summed E-state index contributed by atoms with van der Waals surface area (Å²) >= 11 is 1.76. The summed E-state index contributed by atoms with van der Waals surface area (Å²) in [6.45, 7) is 0. The summed E-state index contributed by atoms with van der Waals surface area (Å²) in [5.41, 5.74) is -3.84. The van der Waals surface area contributed by atoms with E-state index in [0.29, 0.717) is 21.3 Å². The van der Waals surface area contributed by atoms with Crippen LogP contribution in [0.1, 0.15) is 25.7 Å². The van der Waals surface area contributed by atoms with E-state index in [1.54, 1.807) is 16.6 Å². The first kappa shape index (κ1) is 19.1. The molecule has 0 bridgehead atoms. The molecule has 0 aliphatic heterocycles. The van der Waals surface area contributed by atoms with Gasteiger partial charge >= 0.3 is 5.51 Å². The molecule has 0 amide bonds. The fourth-order valence-corrected chi connectivity index (χ4v) is 4.72. The number of alkyl halides is 3. The lowest BCUT2D eigenvalue weighted by molar-refractivity contribution is -0.0328. The third kappa shape index (κ3) is 4.54. The van der Waals surface area contributed by atoms with Crippen molar-refractivity contribution in [3.63, 3.8) is 0 Å². The molecule has 138 valence electrons. The zero-order valence-corrected chi connectivity index (χ0v) is 17.0. The molecule has 9 heteroatoms. The van der Waals surface area contributed by atoms with Crippen LogP contribution in [-0.2, 0) is 0 Å². The van der Waals surface area contributed by atoms with Crippen molar-refractivity contribution >= 4 is 45.7 Å². The Morgan fingerprint density at radius 3 is 2.52 bits per heavy atom. The molecule has 0 spiro atoms. The first-order valence-electron chi connectivity index (χ1n) is 8.10. The lowest BCUT2D eigenvalue weighted by Crippen LogP contribution is -2.36. The summed E-state index contributed by atoms with van der Waals surface area (Å²) < 4.78 is 40.4. The topological polar surface area (TPSA) is 32.6 Å². The number of hydrogen-bond donors (Lipinski definition) is 1. The van der Waals surface area contributed by atoms with Crippen molar-refractivity contribution in [2.75, 3.05) is 19.4 Å². The number of thioether (sulfide) groups is 1. The fraction of sp³-hybridized carbons (Fsp3) is 0.562. The van der Waals surface area contributed by atoms with E-state index in [4.69, 9.17) is 0 Å². The maximum Gasteiger partial charge on any atom is 0.446 e. The Balaban J connectivity index is 1.80. The van der Waals surface area contributed by atoms with Gasteiger partial charge in [0.1, 0.15) is 9.52 Å². The molecule has 0 aromatic carbocycles. The quantitative estimate of drug-likeness (QED) is 0.498. The van der Waals surface area contributed by atoms with Crippen LogP contribution in [0.25, 0.3) is 5.52 Å². The van der Waals surface area contributed by atoms with Gasteiger partial charge in [-0.1, -0.05) is 6.07 Å². The Labute approximate surface area is 162 Å². The van der Waals surface area contributed by atoms with E-state index in [0.717, 1.165) is 31.5 Å². The number of nitrogens with zero attached hydrogens (tertiary/aromatic N) is 3. The molecule has 1 fully saturated rings. The van der Waals surface area contributed by atoms with E-state index in [2.05, 4.69) is 29.4 Å². The van der Waals surface area contributed by atoms with Gasteiger partial charge in [0, 0.05) is 12.1 Å². The van der Waals surface area contributed by atoms with Gasteiger partial charge in [0.2, 0.25) is 0 Å². The molecule has 2 heterocycles. The number of rotatable bonds is 4. The molecule has 1 saturated carbocycles. The molecule has 3 rings (SSSR count). The zero-order chi connectivity index (χ0) is 18.2. The summed E-state index contributed by atoms with van der Waals surface area (Å²) in [5.74, 6) is 0.748. The minimum atomic E-state index is -4.32. The van der Waals surface area contributed by atoms with Gasteiger partial charge in [-0.25, -0.2) is 4.52 Å². The number of halogens is 4. The second-order valence-electron chi connectivity index (χ2n) is 6.49. The van der Waals surface area contributed by atoms with Gasteiger partial charge < -0.3 is 10.2 Å². The highest BCUT2D eigenvalue weighted by Crippen LogP contribution is 2.41. The Bertz CT molecular complexity index is 739. The molecular formula is C16H20F3IN4S. The first-order valence-corrected chi connectivity index (χ1v) is 10.00. The summed E-state index contributed by atoms with van der Waals surface area (Å²) in [4.78, 5) is 2.42. The third-order valence-electron chi connectivity index (χ3n) is 4.57. The Morgan fingerprint density at radius 1 is 1.24 bits per heavy atom. The van der Waals surface area contributed by atoms with Crippen LogP contribution in [-0.4, -0.2) is 46.2 Å². The van der Waals surface area contributed by atoms with E-state index >= 15 is 0 Å². The zero-order valence-electron chi connectivity index (χ0n) is 14.0.